The van der Waals surface area contributed by atoms with Crippen molar-refractivity contribution in [1.82, 2.24) is 4.98 Å². The molecule has 1 aliphatic carbocycles. The Kier molecular flexibility index (Phi) is 3.05. The Morgan fingerprint density at radius 1 is 1.32 bits per heavy atom. The number of aromatic nitrogens is 1. The lowest BCUT2D eigenvalue weighted by atomic mass is 10.0. The smallest absolute Gasteiger partial charge is 0.119 e. The molecule has 0 spiro atoms. The summed E-state index contributed by atoms with van der Waals surface area (Å²) in [6, 6.07) is 4.17. The molecule has 1 heterocycles. The van der Waals surface area contributed by atoms with Gasteiger partial charge in [0.1, 0.15) is 5.75 Å². The van der Waals surface area contributed by atoms with Gasteiger partial charge in [-0.3, -0.25) is 4.98 Å². The zero-order valence-electron chi connectivity index (χ0n) is 11.8. The van der Waals surface area contributed by atoms with Crippen LogP contribution in [0.2, 0.25) is 0 Å². The summed E-state index contributed by atoms with van der Waals surface area (Å²) in [6.45, 7) is 5.18. The normalized spacial score (nSPS) is 13.6. The molecule has 1 N–H and O–H groups in total. The number of pyridine rings is 1. The van der Waals surface area contributed by atoms with Crippen LogP contribution < -0.4 is 10.1 Å². The standard InChI is InChI=1S/C16H20N2O/c1-4-17-16-12-6-5-7-14(12)18-15-10(2)8-11(19-3)9-13(15)16/h8-9H,4-7H2,1-3H3,(H,17,18). The van der Waals surface area contributed by atoms with Gasteiger partial charge in [-0.1, -0.05) is 0 Å². The SMILES string of the molecule is CCNc1c2c(nc3c(C)cc(OC)cc13)CCC2. The quantitative estimate of drug-likeness (QED) is 0.913. The second-order valence-corrected chi connectivity index (χ2v) is 5.14. The molecular formula is C16H20N2O. The van der Waals surface area contributed by atoms with Gasteiger partial charge in [0.05, 0.1) is 12.6 Å². The summed E-state index contributed by atoms with van der Waals surface area (Å²) in [4.78, 5) is 4.88. The van der Waals surface area contributed by atoms with E-state index in [9.17, 15) is 0 Å². The average Bonchev–Trinajstić information content (AvgIpc) is 2.87. The van der Waals surface area contributed by atoms with E-state index in [2.05, 4.69) is 31.3 Å². The Balaban J connectivity index is 2.34. The molecule has 3 rings (SSSR count). The number of nitrogens with one attached hydrogen (secondary N) is 1. The predicted octanol–water partition coefficient (Wildman–Crippen LogP) is 3.47. The van der Waals surface area contributed by atoms with E-state index >= 15 is 0 Å². The molecule has 0 radical (unpaired) electrons. The number of anilines is 1. The third-order valence-electron chi connectivity index (χ3n) is 3.87. The predicted molar refractivity (Wildman–Crippen MR) is 79.2 cm³/mol. The molecule has 0 amide bonds. The highest BCUT2D eigenvalue weighted by molar-refractivity contribution is 5.96. The van der Waals surface area contributed by atoms with E-state index < -0.39 is 0 Å². The summed E-state index contributed by atoms with van der Waals surface area (Å²) in [5.74, 6) is 0.906. The Hall–Kier alpha value is -1.77. The molecule has 1 aromatic carbocycles. The van der Waals surface area contributed by atoms with Gasteiger partial charge in [-0.2, -0.15) is 0 Å². The van der Waals surface area contributed by atoms with Crippen molar-refractivity contribution in [2.75, 3.05) is 19.0 Å². The molecule has 2 aromatic rings. The van der Waals surface area contributed by atoms with Crippen LogP contribution in [-0.4, -0.2) is 18.6 Å². The van der Waals surface area contributed by atoms with Crippen LogP contribution >= 0.6 is 0 Å². The lowest BCUT2D eigenvalue weighted by molar-refractivity contribution is 0.415. The van der Waals surface area contributed by atoms with E-state index in [0.717, 1.165) is 30.7 Å². The van der Waals surface area contributed by atoms with Crippen molar-refractivity contribution in [3.8, 4) is 5.75 Å². The van der Waals surface area contributed by atoms with E-state index in [1.165, 1.54) is 34.3 Å². The van der Waals surface area contributed by atoms with Crippen LogP contribution in [0, 0.1) is 6.92 Å². The third kappa shape index (κ3) is 1.93. The number of benzene rings is 1. The molecule has 0 unspecified atom stereocenters. The number of ether oxygens (including phenoxy) is 1. The largest absolute Gasteiger partial charge is 0.497 e. The van der Waals surface area contributed by atoms with Gasteiger partial charge in [0.15, 0.2) is 0 Å². The highest BCUT2D eigenvalue weighted by Crippen LogP contribution is 2.36. The number of hydrogen-bond acceptors (Lipinski definition) is 3. The van der Waals surface area contributed by atoms with Gasteiger partial charge in [0.2, 0.25) is 0 Å². The maximum atomic E-state index is 5.40. The average molecular weight is 256 g/mol. The topological polar surface area (TPSA) is 34.2 Å². The van der Waals surface area contributed by atoms with Crippen molar-refractivity contribution in [3.05, 3.63) is 29.0 Å². The molecule has 0 aliphatic heterocycles. The summed E-state index contributed by atoms with van der Waals surface area (Å²) in [6.07, 6.45) is 3.46. The fourth-order valence-electron chi connectivity index (χ4n) is 3.00. The van der Waals surface area contributed by atoms with Crippen molar-refractivity contribution in [1.29, 1.82) is 0 Å². The molecule has 19 heavy (non-hydrogen) atoms. The lowest BCUT2D eigenvalue weighted by Gasteiger charge is -2.15. The number of nitrogens with zero attached hydrogens (tertiary/aromatic N) is 1. The molecule has 3 heteroatoms. The van der Waals surface area contributed by atoms with Crippen molar-refractivity contribution in [3.63, 3.8) is 0 Å². The van der Waals surface area contributed by atoms with Crippen molar-refractivity contribution >= 4 is 16.6 Å². The van der Waals surface area contributed by atoms with Crippen LogP contribution in [0.1, 0.15) is 30.2 Å². The summed E-state index contributed by atoms with van der Waals surface area (Å²) in [7, 11) is 1.72. The minimum absolute atomic E-state index is 0.906. The van der Waals surface area contributed by atoms with Gasteiger partial charge in [0, 0.05) is 23.3 Å². The monoisotopic (exact) mass is 256 g/mol. The molecule has 0 fully saturated rings. The Morgan fingerprint density at radius 2 is 2.16 bits per heavy atom. The summed E-state index contributed by atoms with van der Waals surface area (Å²) in [5.41, 5.74) is 6.24. The summed E-state index contributed by atoms with van der Waals surface area (Å²) >= 11 is 0. The van der Waals surface area contributed by atoms with Gasteiger partial charge < -0.3 is 10.1 Å². The Morgan fingerprint density at radius 3 is 2.89 bits per heavy atom. The first kappa shape index (κ1) is 12.3. The first-order valence-electron chi connectivity index (χ1n) is 6.98. The van der Waals surface area contributed by atoms with Crippen LogP contribution in [0.3, 0.4) is 0 Å². The van der Waals surface area contributed by atoms with Crippen molar-refractivity contribution in [2.45, 2.75) is 33.1 Å². The maximum Gasteiger partial charge on any atom is 0.119 e. The Labute approximate surface area is 114 Å². The molecule has 0 bridgehead atoms. The van der Waals surface area contributed by atoms with E-state index in [4.69, 9.17) is 9.72 Å². The summed E-state index contributed by atoms with van der Waals surface area (Å²) in [5, 5.41) is 4.73. The van der Waals surface area contributed by atoms with E-state index in [-0.39, 0.29) is 0 Å². The zero-order chi connectivity index (χ0) is 13.4. The molecule has 1 aromatic heterocycles. The molecule has 1 aliphatic rings. The first-order chi connectivity index (χ1) is 9.24. The first-order valence-corrected chi connectivity index (χ1v) is 6.98. The van der Waals surface area contributed by atoms with Crippen molar-refractivity contribution < 1.29 is 4.74 Å². The number of methoxy groups -OCH3 is 1. The summed E-state index contributed by atoms with van der Waals surface area (Å²) < 4.78 is 5.40. The molecule has 0 atom stereocenters. The van der Waals surface area contributed by atoms with Crippen LogP contribution in [0.4, 0.5) is 5.69 Å². The van der Waals surface area contributed by atoms with E-state index in [1.807, 2.05) is 0 Å². The molecule has 3 nitrogen and oxygen atoms in total. The zero-order valence-corrected chi connectivity index (χ0v) is 11.8. The molecule has 0 saturated heterocycles. The molecule has 100 valence electrons. The fraction of sp³-hybridized carbons (Fsp3) is 0.438. The van der Waals surface area contributed by atoms with E-state index in [0.29, 0.717) is 0 Å². The van der Waals surface area contributed by atoms with E-state index in [1.54, 1.807) is 7.11 Å². The number of fused-ring (bicyclic) bond motifs is 2. The fourth-order valence-corrected chi connectivity index (χ4v) is 3.00. The van der Waals surface area contributed by atoms with Crippen LogP contribution in [-0.2, 0) is 12.8 Å². The van der Waals surface area contributed by atoms with Gasteiger partial charge in [-0.25, -0.2) is 0 Å². The third-order valence-corrected chi connectivity index (χ3v) is 3.87. The minimum atomic E-state index is 0.906. The molecular weight excluding hydrogens is 236 g/mol. The van der Waals surface area contributed by atoms with Gasteiger partial charge in [-0.05, 0) is 56.4 Å². The lowest BCUT2D eigenvalue weighted by Crippen LogP contribution is -2.04. The highest BCUT2D eigenvalue weighted by Gasteiger charge is 2.20. The van der Waals surface area contributed by atoms with Gasteiger partial charge in [0.25, 0.3) is 0 Å². The second-order valence-electron chi connectivity index (χ2n) is 5.14. The van der Waals surface area contributed by atoms with Gasteiger partial charge >= 0.3 is 0 Å². The Bertz CT molecular complexity index is 634. The number of rotatable bonds is 3. The highest BCUT2D eigenvalue weighted by atomic mass is 16.5. The van der Waals surface area contributed by atoms with Crippen molar-refractivity contribution in [2.24, 2.45) is 0 Å². The maximum absolute atomic E-state index is 5.40. The van der Waals surface area contributed by atoms with Crippen LogP contribution in [0.25, 0.3) is 10.9 Å². The number of hydrogen-bond donors (Lipinski definition) is 1. The second kappa shape index (κ2) is 4.72. The molecule has 0 saturated carbocycles. The van der Waals surface area contributed by atoms with Crippen LogP contribution in [0.5, 0.6) is 5.75 Å². The minimum Gasteiger partial charge on any atom is -0.497 e. The number of aryl methyl sites for hydroxylation is 2. The van der Waals surface area contributed by atoms with Crippen LogP contribution in [0.15, 0.2) is 12.1 Å². The van der Waals surface area contributed by atoms with Gasteiger partial charge in [-0.15, -0.1) is 0 Å².